The first kappa shape index (κ1) is 15.6. The third kappa shape index (κ3) is 2.59. The molecule has 1 aliphatic heterocycles. The van der Waals surface area contributed by atoms with E-state index in [1.165, 1.54) is 0 Å². The van der Waals surface area contributed by atoms with Crippen molar-refractivity contribution >= 4 is 15.9 Å². The lowest BCUT2D eigenvalue weighted by Crippen LogP contribution is -2.45. The largest absolute Gasteiger partial charge is 0.368 e. The number of hydrogen-bond donors (Lipinski definition) is 2. The normalized spacial score (nSPS) is 18.6. The fourth-order valence-corrected chi connectivity index (χ4v) is 4.16. The van der Waals surface area contributed by atoms with E-state index in [1.807, 2.05) is 0 Å². The van der Waals surface area contributed by atoms with Crippen molar-refractivity contribution in [3.8, 4) is 0 Å². The molecule has 2 heterocycles. The van der Waals surface area contributed by atoms with Crippen LogP contribution in [0.5, 0.6) is 0 Å². The molecule has 121 valence electrons. The summed E-state index contributed by atoms with van der Waals surface area (Å²) in [6, 6.07) is 0.590. The highest BCUT2D eigenvalue weighted by Crippen LogP contribution is 2.33. The van der Waals surface area contributed by atoms with Crippen molar-refractivity contribution in [3.63, 3.8) is 0 Å². The van der Waals surface area contributed by atoms with Crippen LogP contribution in [0.25, 0.3) is 0 Å². The zero-order chi connectivity index (χ0) is 16.8. The number of carbonyl (C=O) groups is 1. The van der Waals surface area contributed by atoms with Crippen molar-refractivity contribution in [1.29, 1.82) is 0 Å². The fourth-order valence-electron chi connectivity index (χ4n) is 2.55. The first-order valence-corrected chi connectivity index (χ1v) is 7.97. The lowest BCUT2D eigenvalue weighted by atomic mass is 10.0. The van der Waals surface area contributed by atoms with Gasteiger partial charge in [-0.2, -0.15) is 9.40 Å². The number of primary amides is 1. The van der Waals surface area contributed by atoms with Gasteiger partial charge in [0.25, 0.3) is 0 Å². The summed E-state index contributed by atoms with van der Waals surface area (Å²) in [6.45, 7) is -0.0862. The number of aromatic amines is 1. The Bertz CT molecular complexity index is 861. The van der Waals surface area contributed by atoms with E-state index in [9.17, 15) is 22.0 Å². The molecule has 23 heavy (non-hydrogen) atoms. The van der Waals surface area contributed by atoms with Crippen LogP contribution in [0.4, 0.5) is 8.78 Å². The highest BCUT2D eigenvalue weighted by Gasteiger charge is 2.41. The second kappa shape index (κ2) is 5.39. The van der Waals surface area contributed by atoms with Gasteiger partial charge in [0, 0.05) is 30.3 Å². The minimum Gasteiger partial charge on any atom is -0.368 e. The summed E-state index contributed by atoms with van der Waals surface area (Å²) < 4.78 is 52.8. The maximum absolute atomic E-state index is 13.3. The average molecular weight is 341 g/mol. The van der Waals surface area contributed by atoms with Gasteiger partial charge in [-0.05, 0) is 12.1 Å². The van der Waals surface area contributed by atoms with Crippen LogP contribution in [0.1, 0.15) is 17.3 Å². The van der Waals surface area contributed by atoms with Crippen LogP contribution in [0.15, 0.2) is 23.1 Å². The van der Waals surface area contributed by atoms with Gasteiger partial charge < -0.3 is 5.73 Å². The number of sulfonamides is 1. The van der Waals surface area contributed by atoms with Gasteiger partial charge in [-0.3, -0.25) is 9.89 Å². The van der Waals surface area contributed by atoms with Crippen LogP contribution >= 0.6 is 0 Å². The molecule has 0 saturated heterocycles. The van der Waals surface area contributed by atoms with E-state index < -0.39 is 38.5 Å². The standard InChI is InChI=1S/C13H11F2N4O3S/c14-7-3-8(15)5-9(4-7)23(21,22)19-2-1-11-10(6-17-18-11)12(19)13(16)20/h3-5,12H,1-2H2,(H2,16,20)(H,17,18). The molecule has 0 bridgehead atoms. The Kier molecular flexibility index (Phi) is 3.65. The Labute approximate surface area is 130 Å². The molecule has 3 rings (SSSR count). The minimum absolute atomic E-state index is 0.0862. The van der Waals surface area contributed by atoms with Gasteiger partial charge in [-0.1, -0.05) is 0 Å². The SMILES string of the molecule is NC(=O)C1c2[c]n[nH]c2CCN1S(=O)(=O)c1cc(F)cc(F)c1. The summed E-state index contributed by atoms with van der Waals surface area (Å²) in [6.07, 6.45) is 2.75. The Hall–Kier alpha value is -2.33. The predicted molar refractivity (Wildman–Crippen MR) is 73.3 cm³/mol. The number of amides is 1. The predicted octanol–water partition coefficient (Wildman–Crippen LogP) is 0.261. The Morgan fingerprint density at radius 2 is 2.00 bits per heavy atom. The summed E-state index contributed by atoms with van der Waals surface area (Å²) in [5, 5.41) is 6.27. The number of benzene rings is 1. The highest BCUT2D eigenvalue weighted by molar-refractivity contribution is 7.89. The molecule has 0 fully saturated rings. The van der Waals surface area contributed by atoms with E-state index in [2.05, 4.69) is 16.4 Å². The first-order valence-electron chi connectivity index (χ1n) is 6.53. The van der Waals surface area contributed by atoms with Crippen LogP contribution in [0, 0.1) is 17.8 Å². The van der Waals surface area contributed by atoms with Crippen molar-refractivity contribution in [2.75, 3.05) is 6.54 Å². The molecule has 3 N–H and O–H groups in total. The van der Waals surface area contributed by atoms with E-state index in [-0.39, 0.29) is 18.5 Å². The summed E-state index contributed by atoms with van der Waals surface area (Å²) >= 11 is 0. The van der Waals surface area contributed by atoms with Crippen LogP contribution in [0.2, 0.25) is 0 Å². The van der Waals surface area contributed by atoms with Gasteiger partial charge in [0.2, 0.25) is 15.9 Å². The van der Waals surface area contributed by atoms with E-state index in [0.29, 0.717) is 23.9 Å². The third-order valence-electron chi connectivity index (χ3n) is 3.55. The molecule has 1 aromatic carbocycles. The highest BCUT2D eigenvalue weighted by atomic mass is 32.2. The molecule has 1 aromatic heterocycles. The number of fused-ring (bicyclic) bond motifs is 1. The molecule has 1 radical (unpaired) electrons. The summed E-state index contributed by atoms with van der Waals surface area (Å²) in [5.41, 5.74) is 6.07. The monoisotopic (exact) mass is 341 g/mol. The molecule has 10 heteroatoms. The second-order valence-electron chi connectivity index (χ2n) is 5.00. The molecular weight excluding hydrogens is 330 g/mol. The molecule has 1 amide bonds. The van der Waals surface area contributed by atoms with E-state index >= 15 is 0 Å². The van der Waals surface area contributed by atoms with Gasteiger partial charge in [-0.15, -0.1) is 0 Å². The van der Waals surface area contributed by atoms with E-state index in [4.69, 9.17) is 5.73 Å². The average Bonchev–Trinajstić information content (AvgIpc) is 2.93. The Morgan fingerprint density at radius 3 is 2.61 bits per heavy atom. The maximum Gasteiger partial charge on any atom is 0.244 e. The Morgan fingerprint density at radius 1 is 1.35 bits per heavy atom. The molecule has 7 nitrogen and oxygen atoms in total. The zero-order valence-electron chi connectivity index (χ0n) is 11.6. The fraction of sp³-hybridized carbons (Fsp3) is 0.231. The van der Waals surface area contributed by atoms with Gasteiger partial charge in [0.1, 0.15) is 23.9 Å². The smallest absolute Gasteiger partial charge is 0.244 e. The second-order valence-corrected chi connectivity index (χ2v) is 6.89. The van der Waals surface area contributed by atoms with Gasteiger partial charge in [0.15, 0.2) is 0 Å². The quantitative estimate of drug-likeness (QED) is 0.834. The number of nitrogens with two attached hydrogens (primary N) is 1. The van der Waals surface area contributed by atoms with Crippen molar-refractivity contribution < 1.29 is 22.0 Å². The van der Waals surface area contributed by atoms with Crippen molar-refractivity contribution in [3.05, 3.63) is 47.3 Å². The number of aromatic nitrogens is 2. The topological polar surface area (TPSA) is 109 Å². The number of hydrogen-bond acceptors (Lipinski definition) is 4. The minimum atomic E-state index is -4.33. The molecule has 1 atom stereocenters. The number of nitrogens with one attached hydrogen (secondary N) is 1. The number of nitrogens with zero attached hydrogens (tertiary/aromatic N) is 2. The molecular formula is C13H11F2N4O3S. The number of H-pyrrole nitrogens is 1. The lowest BCUT2D eigenvalue weighted by molar-refractivity contribution is -0.122. The molecule has 0 saturated carbocycles. The lowest BCUT2D eigenvalue weighted by Gasteiger charge is -2.32. The van der Waals surface area contributed by atoms with E-state index in [1.54, 1.807) is 0 Å². The van der Waals surface area contributed by atoms with Gasteiger partial charge in [-0.25, -0.2) is 17.2 Å². The van der Waals surface area contributed by atoms with Gasteiger partial charge >= 0.3 is 0 Å². The molecule has 0 aliphatic carbocycles. The Balaban J connectivity index is 2.11. The third-order valence-corrected chi connectivity index (χ3v) is 5.39. The maximum atomic E-state index is 13.3. The first-order chi connectivity index (χ1) is 10.8. The van der Waals surface area contributed by atoms with Crippen LogP contribution < -0.4 is 5.73 Å². The van der Waals surface area contributed by atoms with Crippen LogP contribution in [-0.2, 0) is 21.2 Å². The van der Waals surface area contributed by atoms with E-state index in [0.717, 1.165) is 4.31 Å². The van der Waals surface area contributed by atoms with Crippen molar-refractivity contribution in [1.82, 2.24) is 14.5 Å². The molecule has 1 unspecified atom stereocenters. The van der Waals surface area contributed by atoms with Crippen LogP contribution in [0.3, 0.4) is 0 Å². The van der Waals surface area contributed by atoms with Gasteiger partial charge in [0.05, 0.1) is 4.90 Å². The summed E-state index contributed by atoms with van der Waals surface area (Å²) in [4.78, 5) is 11.2. The van der Waals surface area contributed by atoms with Crippen LogP contribution in [-0.4, -0.2) is 35.4 Å². The number of halogens is 2. The number of carbonyl (C=O) groups excluding carboxylic acids is 1. The summed E-state index contributed by atoms with van der Waals surface area (Å²) in [7, 11) is -4.33. The molecule has 0 spiro atoms. The van der Waals surface area contributed by atoms with Crippen molar-refractivity contribution in [2.24, 2.45) is 5.73 Å². The molecule has 2 aromatic rings. The van der Waals surface area contributed by atoms with Crippen molar-refractivity contribution in [2.45, 2.75) is 17.4 Å². The zero-order valence-corrected chi connectivity index (χ0v) is 12.4. The number of rotatable bonds is 3. The molecule has 1 aliphatic rings. The summed E-state index contributed by atoms with van der Waals surface area (Å²) in [5.74, 6) is -3.00.